The number of nitrogens with two attached hydrogens (primary N) is 1. The van der Waals surface area contributed by atoms with Crippen LogP contribution in [0.1, 0.15) is 52.7 Å². The molecule has 4 heterocycles. The number of β-lactam (4-membered cyclic amide) rings is 1. The van der Waals surface area contributed by atoms with Crippen molar-refractivity contribution in [1.29, 1.82) is 0 Å². The van der Waals surface area contributed by atoms with E-state index >= 15 is 0 Å². The number of carbonyl (C=O) groups excluding carboxylic acids is 3. The largest absolute Gasteiger partial charge is 0.464 e. The van der Waals surface area contributed by atoms with Gasteiger partial charge in [0, 0.05) is 29.5 Å². The van der Waals surface area contributed by atoms with Crippen LogP contribution < -0.4 is 11.1 Å². The second-order valence-electron chi connectivity index (χ2n) is 9.14. The molecular formula is C25H41N6O5S2+. The Bertz CT molecular complexity index is 1050. The van der Waals surface area contributed by atoms with E-state index in [-0.39, 0.29) is 22.4 Å². The predicted molar refractivity (Wildman–Crippen MR) is 151 cm³/mol. The monoisotopic (exact) mass is 569 g/mol. The first kappa shape index (κ1) is 31.6. The van der Waals surface area contributed by atoms with Gasteiger partial charge in [-0.3, -0.25) is 14.5 Å². The molecular weight excluding hydrogens is 528 g/mol. The summed E-state index contributed by atoms with van der Waals surface area (Å²) in [6.07, 6.45) is 3.56. The molecule has 4 rings (SSSR count). The number of nitrogens with one attached hydrogen (secondary N) is 1. The maximum atomic E-state index is 13.1. The number of likely N-dealkylation sites (N-methyl/N-ethyl adjacent to an activating group) is 1. The number of nitrogens with zero attached hydrogens (tertiary/aromatic N) is 4. The lowest BCUT2D eigenvalue weighted by Gasteiger charge is -2.50. The fourth-order valence-electron chi connectivity index (χ4n) is 4.51. The minimum absolute atomic E-state index is 0.0756. The number of rotatable bonds is 7. The van der Waals surface area contributed by atoms with Crippen LogP contribution in [-0.4, -0.2) is 95.9 Å². The number of hydrogen-bond donors (Lipinski definition) is 2. The molecule has 3 aliphatic rings. The highest BCUT2D eigenvalue weighted by molar-refractivity contribution is 8.00. The van der Waals surface area contributed by atoms with E-state index in [0.717, 1.165) is 47.3 Å². The molecule has 0 aliphatic carbocycles. The molecule has 0 radical (unpaired) electrons. The van der Waals surface area contributed by atoms with Crippen molar-refractivity contribution in [2.45, 2.75) is 58.4 Å². The third-order valence-corrected chi connectivity index (χ3v) is 8.11. The Kier molecular flexibility index (Phi) is 12.0. The molecule has 11 nitrogen and oxygen atoms in total. The van der Waals surface area contributed by atoms with Crippen LogP contribution in [-0.2, 0) is 24.0 Å². The number of fused-ring (bicyclic) bond motifs is 1. The number of carbonyl (C=O) groups is 3. The van der Waals surface area contributed by atoms with Crippen LogP contribution in [0.3, 0.4) is 0 Å². The number of methoxy groups -OCH3 is 1. The minimum Gasteiger partial charge on any atom is -0.464 e. The van der Waals surface area contributed by atoms with Crippen LogP contribution >= 0.6 is 23.1 Å². The molecule has 2 amide bonds. The summed E-state index contributed by atoms with van der Waals surface area (Å²) < 4.78 is 5.86. The van der Waals surface area contributed by atoms with Gasteiger partial charge in [0.15, 0.2) is 10.8 Å². The van der Waals surface area contributed by atoms with Gasteiger partial charge in [0.25, 0.3) is 11.8 Å². The Morgan fingerprint density at radius 3 is 2.42 bits per heavy atom. The number of thiazole rings is 1. The third-order valence-electron chi connectivity index (χ3n) is 6.09. The lowest BCUT2D eigenvalue weighted by Crippen LogP contribution is -2.71. The van der Waals surface area contributed by atoms with Gasteiger partial charge in [-0.05, 0) is 0 Å². The highest BCUT2D eigenvalue weighted by Crippen LogP contribution is 2.41. The molecule has 0 bridgehead atoms. The first-order valence-electron chi connectivity index (χ1n) is 12.9. The molecule has 38 heavy (non-hydrogen) atoms. The number of hydrogen-bond acceptors (Lipinski definition) is 10. The molecule has 2 saturated heterocycles. The molecule has 2 fully saturated rings. The van der Waals surface area contributed by atoms with E-state index < -0.39 is 23.3 Å². The second kappa shape index (κ2) is 14.5. The van der Waals surface area contributed by atoms with E-state index in [1.807, 2.05) is 13.8 Å². The quantitative estimate of drug-likeness (QED) is 0.168. The number of amides is 2. The minimum atomic E-state index is -0.807. The number of ether oxygens (including phenoxy) is 1. The number of oxime groups is 1. The van der Waals surface area contributed by atoms with Crippen molar-refractivity contribution in [1.82, 2.24) is 15.2 Å². The first-order chi connectivity index (χ1) is 18.2. The van der Waals surface area contributed by atoms with Crippen LogP contribution in [0, 0.1) is 0 Å². The van der Waals surface area contributed by atoms with Crippen molar-refractivity contribution in [3.63, 3.8) is 0 Å². The van der Waals surface area contributed by atoms with Gasteiger partial charge in [0.05, 0.1) is 27.2 Å². The number of aromatic nitrogens is 1. The maximum Gasteiger partial charge on any atom is 0.355 e. The van der Waals surface area contributed by atoms with Crippen molar-refractivity contribution in [2.75, 3.05) is 52.4 Å². The average Bonchev–Trinajstić information content (AvgIpc) is 3.54. The topological polar surface area (TPSA) is 136 Å². The molecule has 3 aliphatic heterocycles. The summed E-state index contributed by atoms with van der Waals surface area (Å²) in [6.45, 7) is 11.0. The molecule has 1 aromatic heterocycles. The molecule has 0 saturated carbocycles. The van der Waals surface area contributed by atoms with E-state index in [2.05, 4.69) is 36.4 Å². The summed E-state index contributed by atoms with van der Waals surface area (Å²) in [7, 11) is 4.80. The molecule has 2 atom stereocenters. The van der Waals surface area contributed by atoms with Gasteiger partial charge in [-0.1, -0.05) is 39.3 Å². The highest BCUT2D eigenvalue weighted by atomic mass is 32.2. The highest BCUT2D eigenvalue weighted by Gasteiger charge is 2.55. The fourth-order valence-corrected chi connectivity index (χ4v) is 6.39. The fraction of sp³-hybridized carbons (Fsp3) is 0.640. The van der Waals surface area contributed by atoms with E-state index in [1.54, 1.807) is 5.38 Å². The van der Waals surface area contributed by atoms with Crippen LogP contribution in [0.5, 0.6) is 0 Å². The predicted octanol–water partition coefficient (Wildman–Crippen LogP) is 2.59. The summed E-state index contributed by atoms with van der Waals surface area (Å²) in [6, 6.07) is -0.807. The van der Waals surface area contributed by atoms with Crippen molar-refractivity contribution >= 4 is 51.7 Å². The average molecular weight is 570 g/mol. The zero-order chi connectivity index (χ0) is 28.5. The first-order valence-corrected chi connectivity index (χ1v) is 14.8. The molecule has 212 valence electrons. The summed E-state index contributed by atoms with van der Waals surface area (Å²) in [4.78, 5) is 49.0. The Hall–Kier alpha value is -2.64. The maximum absolute atomic E-state index is 13.1. The molecule has 1 aromatic rings. The molecule has 0 aromatic carbocycles. The zero-order valence-electron chi connectivity index (χ0n) is 23.4. The third kappa shape index (κ3) is 7.06. The van der Waals surface area contributed by atoms with E-state index in [0.29, 0.717) is 18.0 Å². The van der Waals surface area contributed by atoms with Gasteiger partial charge in [0.1, 0.15) is 36.5 Å². The lowest BCUT2D eigenvalue weighted by molar-refractivity contribution is -0.893. The van der Waals surface area contributed by atoms with Crippen molar-refractivity contribution in [3.05, 3.63) is 22.3 Å². The normalized spacial score (nSPS) is 21.7. The summed E-state index contributed by atoms with van der Waals surface area (Å²) in [5.41, 5.74) is 7.06. The summed E-state index contributed by atoms with van der Waals surface area (Å²) >= 11 is 2.69. The molecule has 13 heteroatoms. The number of esters is 1. The summed E-state index contributed by atoms with van der Waals surface area (Å²) in [5.74, 6) is -0.915. The Balaban J connectivity index is 0.000000947. The number of thioether (sulfide) groups is 1. The van der Waals surface area contributed by atoms with Gasteiger partial charge >= 0.3 is 5.97 Å². The van der Waals surface area contributed by atoms with Crippen LogP contribution in [0.2, 0.25) is 0 Å². The number of quaternary nitrogens is 1. The van der Waals surface area contributed by atoms with Gasteiger partial charge in [-0.25, -0.2) is 9.78 Å². The number of anilines is 1. The van der Waals surface area contributed by atoms with Crippen LogP contribution in [0.15, 0.2) is 21.8 Å². The van der Waals surface area contributed by atoms with Gasteiger partial charge in [-0.2, -0.15) is 0 Å². The van der Waals surface area contributed by atoms with E-state index in [4.69, 9.17) is 15.3 Å². The Labute approximate surface area is 233 Å². The number of likely N-dealkylation sites (tertiary alicyclic amines) is 1. The lowest BCUT2D eigenvalue weighted by atomic mass is 10.0. The smallest absolute Gasteiger partial charge is 0.355 e. The van der Waals surface area contributed by atoms with Gasteiger partial charge < -0.3 is 25.1 Å². The van der Waals surface area contributed by atoms with Gasteiger partial charge in [0.2, 0.25) is 0 Å². The Morgan fingerprint density at radius 2 is 1.89 bits per heavy atom. The summed E-state index contributed by atoms with van der Waals surface area (Å²) in [5, 5.41) is 7.93. The van der Waals surface area contributed by atoms with Crippen molar-refractivity contribution in [2.24, 2.45) is 5.16 Å². The van der Waals surface area contributed by atoms with Crippen molar-refractivity contribution in [3.8, 4) is 0 Å². The standard InChI is InChI=1S/C20H26N6O5S2.C3H8.C2H6/c1-26(6-4-5-7-26)8-11-9-32-18-14(17(28)25(18)15(11)19(29)30-2)23-16(27)13(24-31-3)12-10-33-20(21)22-12;1-3-2;1-2/h10,14,18H,4-9H2,1-3H3,(H2-,21,22,23,27);3H2,1-2H3;1-2H3/p+1/b24-13-;;. The SMILES string of the molecule is CC.CCC.CO/N=C(\C(=O)NC1C(=O)N2C(C(=O)OC)=C(C[N+]3(C)CCCC3)CSC12)c1csc(N)n1. The van der Waals surface area contributed by atoms with Gasteiger partial charge in [-0.15, -0.1) is 23.1 Å². The second-order valence-corrected chi connectivity index (χ2v) is 11.1. The zero-order valence-corrected chi connectivity index (χ0v) is 25.0. The van der Waals surface area contributed by atoms with Crippen LogP contribution in [0.25, 0.3) is 0 Å². The van der Waals surface area contributed by atoms with Crippen molar-refractivity contribution < 1.29 is 28.4 Å². The van der Waals surface area contributed by atoms with E-state index in [9.17, 15) is 14.4 Å². The molecule has 2 unspecified atom stereocenters. The number of nitrogen functional groups attached to an aromatic ring is 1. The molecule has 0 spiro atoms. The van der Waals surface area contributed by atoms with E-state index in [1.165, 1.54) is 37.3 Å². The Morgan fingerprint density at radius 1 is 1.26 bits per heavy atom. The molecule has 3 N–H and O–H groups in total. The van der Waals surface area contributed by atoms with Crippen LogP contribution in [0.4, 0.5) is 5.13 Å².